The zero-order valence-electron chi connectivity index (χ0n) is 9.41. The smallest absolute Gasteiger partial charge is 0.155 e. The summed E-state index contributed by atoms with van der Waals surface area (Å²) < 4.78 is 0. The third-order valence-corrected chi connectivity index (χ3v) is 2.46. The molecule has 0 aliphatic rings. The minimum atomic E-state index is 0.845. The Morgan fingerprint density at radius 3 is 2.61 bits per heavy atom. The van der Waals surface area contributed by atoms with Crippen LogP contribution in [0.1, 0.15) is 0 Å². The van der Waals surface area contributed by atoms with Crippen LogP contribution in [0.25, 0.3) is 21.9 Å². The van der Waals surface area contributed by atoms with Crippen LogP contribution in [0.5, 0.6) is 0 Å². The van der Waals surface area contributed by atoms with Crippen molar-refractivity contribution in [1.29, 1.82) is 0 Å². The molecule has 6 heteroatoms. The minimum absolute atomic E-state index is 0.845. The molecule has 0 fully saturated rings. The van der Waals surface area contributed by atoms with Crippen LogP contribution in [0.4, 0.5) is 0 Å². The summed E-state index contributed by atoms with van der Waals surface area (Å²) in [6, 6.07) is 5.77. The van der Waals surface area contributed by atoms with Gasteiger partial charge in [-0.2, -0.15) is 10.2 Å². The molecule has 88 valence electrons. The topological polar surface area (TPSA) is 83.1 Å². The first-order valence-electron chi connectivity index (χ1n) is 5.41. The van der Waals surface area contributed by atoms with E-state index in [0.29, 0.717) is 0 Å². The van der Waals surface area contributed by atoms with Gasteiger partial charge >= 0.3 is 0 Å². The largest absolute Gasteiger partial charge is 0.276 e. The molecule has 0 aromatic carbocycles. The van der Waals surface area contributed by atoms with Crippen molar-refractivity contribution in [2.24, 2.45) is 0 Å². The Hall–Kier alpha value is -2.76. The molecule has 18 heavy (non-hydrogen) atoms. The monoisotopic (exact) mass is 238 g/mol. The van der Waals surface area contributed by atoms with Crippen molar-refractivity contribution in [1.82, 2.24) is 30.4 Å². The quantitative estimate of drug-likeness (QED) is 0.490. The number of nitrogens with zero attached hydrogens (tertiary/aromatic N) is 4. The van der Waals surface area contributed by atoms with E-state index in [-0.39, 0.29) is 0 Å². The molecule has 4 aromatic rings. The zero-order valence-corrected chi connectivity index (χ0v) is 9.41. The normalized spacial score (nSPS) is 10.2. The Bertz CT molecular complexity index is 631. The summed E-state index contributed by atoms with van der Waals surface area (Å²) in [6.45, 7) is 0. The molecule has 0 spiro atoms. The lowest BCUT2D eigenvalue weighted by Crippen LogP contribution is -1.71. The molecule has 0 unspecified atom stereocenters. The van der Waals surface area contributed by atoms with E-state index in [1.807, 2.05) is 18.2 Å². The Balaban J connectivity index is 0.000000111. The van der Waals surface area contributed by atoms with E-state index in [0.717, 1.165) is 21.9 Å². The first-order valence-corrected chi connectivity index (χ1v) is 5.41. The molecular weight excluding hydrogens is 228 g/mol. The highest BCUT2D eigenvalue weighted by Crippen LogP contribution is 2.05. The Morgan fingerprint density at radius 2 is 1.72 bits per heavy atom. The highest BCUT2D eigenvalue weighted by Gasteiger charge is 1.90. The summed E-state index contributed by atoms with van der Waals surface area (Å²) in [5.74, 6) is 0. The molecule has 4 heterocycles. The van der Waals surface area contributed by atoms with Gasteiger partial charge in [0, 0.05) is 23.2 Å². The fraction of sp³-hybridized carbons (Fsp3) is 0. The first kappa shape index (κ1) is 10.4. The van der Waals surface area contributed by atoms with Crippen LogP contribution in [-0.2, 0) is 0 Å². The Morgan fingerprint density at radius 1 is 0.833 bits per heavy atom. The number of nitrogens with one attached hydrogen (secondary N) is 2. The molecular formula is C12H10N6. The molecule has 6 nitrogen and oxygen atoms in total. The van der Waals surface area contributed by atoms with Gasteiger partial charge in [0.15, 0.2) is 5.65 Å². The Kier molecular flexibility index (Phi) is 2.67. The van der Waals surface area contributed by atoms with Gasteiger partial charge in [-0.05, 0) is 18.2 Å². The third-order valence-electron chi connectivity index (χ3n) is 2.46. The van der Waals surface area contributed by atoms with E-state index >= 15 is 0 Å². The van der Waals surface area contributed by atoms with Gasteiger partial charge in [-0.1, -0.05) is 0 Å². The van der Waals surface area contributed by atoms with Gasteiger partial charge in [0.25, 0.3) is 0 Å². The molecule has 0 saturated carbocycles. The van der Waals surface area contributed by atoms with Crippen LogP contribution < -0.4 is 0 Å². The van der Waals surface area contributed by atoms with Crippen molar-refractivity contribution in [2.75, 3.05) is 0 Å². The minimum Gasteiger partial charge on any atom is -0.276 e. The van der Waals surface area contributed by atoms with Crippen LogP contribution >= 0.6 is 0 Å². The average molecular weight is 238 g/mol. The maximum absolute atomic E-state index is 4.02. The number of aromatic amines is 2. The zero-order chi connectivity index (χ0) is 12.2. The number of fused-ring (bicyclic) bond motifs is 2. The van der Waals surface area contributed by atoms with Gasteiger partial charge in [0.2, 0.25) is 0 Å². The van der Waals surface area contributed by atoms with Crippen molar-refractivity contribution in [3.8, 4) is 0 Å². The summed E-state index contributed by atoms with van der Waals surface area (Å²) in [5, 5.41) is 15.4. The maximum Gasteiger partial charge on any atom is 0.155 e. The molecule has 0 saturated heterocycles. The van der Waals surface area contributed by atoms with E-state index in [4.69, 9.17) is 0 Å². The summed E-state index contributed by atoms with van der Waals surface area (Å²) in [4.78, 5) is 7.94. The van der Waals surface area contributed by atoms with E-state index in [2.05, 4.69) is 30.4 Å². The van der Waals surface area contributed by atoms with Crippen LogP contribution in [0.2, 0.25) is 0 Å². The van der Waals surface area contributed by atoms with Gasteiger partial charge in [-0.25, -0.2) is 4.98 Å². The first-order chi connectivity index (χ1) is 8.93. The van der Waals surface area contributed by atoms with Crippen LogP contribution in [-0.4, -0.2) is 30.4 Å². The molecule has 4 aromatic heterocycles. The van der Waals surface area contributed by atoms with Gasteiger partial charge in [-0.15, -0.1) is 0 Å². The maximum atomic E-state index is 4.02. The molecule has 4 rings (SSSR count). The summed E-state index contributed by atoms with van der Waals surface area (Å²) in [6.07, 6.45) is 8.76. The highest BCUT2D eigenvalue weighted by molar-refractivity contribution is 5.76. The van der Waals surface area contributed by atoms with Gasteiger partial charge < -0.3 is 0 Å². The summed E-state index contributed by atoms with van der Waals surface area (Å²) in [7, 11) is 0. The van der Waals surface area contributed by atoms with Crippen molar-refractivity contribution >= 4 is 21.9 Å². The second kappa shape index (κ2) is 4.62. The molecule has 0 atom stereocenters. The Labute approximate surface area is 102 Å². The van der Waals surface area contributed by atoms with E-state index < -0.39 is 0 Å². The number of pyridine rings is 2. The standard InChI is InChI=1S/2C6H5N3/c1-2-7-4-6-5(1)3-8-9-6;1-2-5-4-8-9-6(5)7-3-1/h1-4H,(H,8,9);1-4H,(H,7,8,9). The summed E-state index contributed by atoms with van der Waals surface area (Å²) >= 11 is 0. The highest BCUT2D eigenvalue weighted by atomic mass is 15.1. The predicted octanol–water partition coefficient (Wildman–Crippen LogP) is 1.92. The lowest BCUT2D eigenvalue weighted by Gasteiger charge is -1.80. The molecule has 0 bridgehead atoms. The van der Waals surface area contributed by atoms with Crippen molar-refractivity contribution in [3.63, 3.8) is 0 Å². The predicted molar refractivity (Wildman–Crippen MR) is 67.8 cm³/mol. The van der Waals surface area contributed by atoms with Crippen LogP contribution in [0.3, 0.4) is 0 Å². The van der Waals surface area contributed by atoms with E-state index in [9.17, 15) is 0 Å². The fourth-order valence-corrected chi connectivity index (χ4v) is 1.56. The molecule has 0 aliphatic carbocycles. The average Bonchev–Trinajstić information content (AvgIpc) is 3.08. The molecule has 0 radical (unpaired) electrons. The van der Waals surface area contributed by atoms with Crippen molar-refractivity contribution in [2.45, 2.75) is 0 Å². The second-order valence-electron chi connectivity index (χ2n) is 3.64. The molecule has 0 amide bonds. The number of hydrogen-bond acceptors (Lipinski definition) is 4. The lowest BCUT2D eigenvalue weighted by molar-refractivity contribution is 1.10. The van der Waals surface area contributed by atoms with Crippen LogP contribution in [0, 0.1) is 0 Å². The number of H-pyrrole nitrogens is 2. The van der Waals surface area contributed by atoms with Gasteiger partial charge in [0.05, 0.1) is 24.1 Å². The SMILES string of the molecule is c1cc2cn[nH]c2cn1.c1cnc2[nH]ncc2c1. The number of aromatic nitrogens is 6. The van der Waals surface area contributed by atoms with E-state index in [1.54, 1.807) is 31.0 Å². The van der Waals surface area contributed by atoms with Gasteiger partial charge in [0.1, 0.15) is 0 Å². The lowest BCUT2D eigenvalue weighted by atomic mass is 10.3. The fourth-order valence-electron chi connectivity index (χ4n) is 1.56. The second-order valence-corrected chi connectivity index (χ2v) is 3.64. The summed E-state index contributed by atoms with van der Waals surface area (Å²) in [5.41, 5.74) is 1.83. The van der Waals surface area contributed by atoms with Crippen molar-refractivity contribution < 1.29 is 0 Å². The number of hydrogen-bond donors (Lipinski definition) is 2. The molecule has 2 N–H and O–H groups in total. The third kappa shape index (κ3) is 2.03. The molecule has 0 aliphatic heterocycles. The van der Waals surface area contributed by atoms with Crippen LogP contribution in [0.15, 0.2) is 49.2 Å². The van der Waals surface area contributed by atoms with Crippen molar-refractivity contribution in [3.05, 3.63) is 49.2 Å². The number of rotatable bonds is 0. The van der Waals surface area contributed by atoms with E-state index in [1.165, 1.54) is 0 Å². The van der Waals surface area contributed by atoms with Gasteiger partial charge in [-0.3, -0.25) is 15.2 Å².